The summed E-state index contributed by atoms with van der Waals surface area (Å²) < 4.78 is 1.99. The molecule has 0 aromatic carbocycles. The Morgan fingerprint density at radius 1 is 1.50 bits per heavy atom. The normalized spacial score (nSPS) is 12.9. The minimum Gasteiger partial charge on any atom is -0.312 e. The molecule has 0 saturated heterocycles. The Bertz CT molecular complexity index is 513. The third-order valence-corrected chi connectivity index (χ3v) is 4.41. The molecular weight excluding hydrogens is 242 g/mol. The Labute approximate surface area is 113 Å². The van der Waals surface area contributed by atoms with Gasteiger partial charge in [0.2, 0.25) is 0 Å². The maximum atomic E-state index is 4.41. The van der Waals surface area contributed by atoms with E-state index in [9.17, 15) is 0 Å². The fourth-order valence-corrected chi connectivity index (χ4v) is 3.44. The molecule has 1 unspecified atom stereocenters. The van der Waals surface area contributed by atoms with Gasteiger partial charge in [0.15, 0.2) is 0 Å². The lowest BCUT2D eigenvalue weighted by molar-refractivity contribution is 0.566. The lowest BCUT2D eigenvalue weighted by Gasteiger charge is -2.16. The Hall–Kier alpha value is -1.13. The van der Waals surface area contributed by atoms with E-state index in [0.717, 1.165) is 18.5 Å². The maximum Gasteiger partial charge on any atom is 0.0596 e. The molecule has 18 heavy (non-hydrogen) atoms. The van der Waals surface area contributed by atoms with Crippen molar-refractivity contribution in [3.63, 3.8) is 0 Å². The van der Waals surface area contributed by atoms with Gasteiger partial charge in [-0.1, -0.05) is 6.92 Å². The lowest BCUT2D eigenvalue weighted by Crippen LogP contribution is -2.20. The van der Waals surface area contributed by atoms with Crippen molar-refractivity contribution >= 4 is 11.3 Å². The monoisotopic (exact) mass is 263 g/mol. The first-order valence-corrected chi connectivity index (χ1v) is 7.26. The van der Waals surface area contributed by atoms with E-state index in [-0.39, 0.29) is 0 Å². The SMILES string of the molecule is CCc1ccsc1C(Cc1cc(C)nn1C)NC. The van der Waals surface area contributed by atoms with Crippen LogP contribution in [0.25, 0.3) is 0 Å². The molecule has 0 saturated carbocycles. The predicted molar refractivity (Wildman–Crippen MR) is 77.1 cm³/mol. The van der Waals surface area contributed by atoms with Crippen LogP contribution >= 0.6 is 11.3 Å². The van der Waals surface area contributed by atoms with Gasteiger partial charge in [0.1, 0.15) is 0 Å². The molecule has 98 valence electrons. The van der Waals surface area contributed by atoms with Crippen LogP contribution < -0.4 is 5.32 Å². The molecule has 0 fully saturated rings. The van der Waals surface area contributed by atoms with Crippen LogP contribution in [-0.4, -0.2) is 16.8 Å². The van der Waals surface area contributed by atoms with Crippen molar-refractivity contribution in [1.82, 2.24) is 15.1 Å². The maximum absolute atomic E-state index is 4.41. The molecule has 1 atom stereocenters. The molecule has 0 aliphatic heterocycles. The van der Waals surface area contributed by atoms with E-state index in [1.807, 2.05) is 37.0 Å². The molecule has 0 radical (unpaired) electrons. The van der Waals surface area contributed by atoms with E-state index in [2.05, 4.69) is 34.9 Å². The number of nitrogens with one attached hydrogen (secondary N) is 1. The summed E-state index contributed by atoms with van der Waals surface area (Å²) in [5.41, 5.74) is 3.82. The second-order valence-corrected chi connectivity index (χ2v) is 5.56. The first-order chi connectivity index (χ1) is 8.65. The highest BCUT2D eigenvalue weighted by molar-refractivity contribution is 7.10. The molecule has 0 aliphatic carbocycles. The molecular formula is C14H21N3S. The van der Waals surface area contributed by atoms with Gasteiger partial charge in [0, 0.05) is 30.1 Å². The molecule has 4 heteroatoms. The first kappa shape index (κ1) is 13.3. The smallest absolute Gasteiger partial charge is 0.0596 e. The van der Waals surface area contributed by atoms with Crippen LogP contribution in [0.2, 0.25) is 0 Å². The number of likely N-dealkylation sites (N-methyl/N-ethyl adjacent to an activating group) is 1. The molecule has 1 N–H and O–H groups in total. The zero-order chi connectivity index (χ0) is 13.1. The van der Waals surface area contributed by atoms with Crippen molar-refractivity contribution in [2.45, 2.75) is 32.7 Å². The number of hydrogen-bond donors (Lipinski definition) is 1. The highest BCUT2D eigenvalue weighted by Gasteiger charge is 2.16. The standard InChI is InChI=1S/C14H21N3S/c1-5-11-6-7-18-14(11)13(15-3)9-12-8-10(2)16-17(12)4/h6-8,13,15H,5,9H2,1-4H3. The molecule has 3 nitrogen and oxygen atoms in total. The van der Waals surface area contributed by atoms with Crippen LogP contribution in [0.3, 0.4) is 0 Å². The zero-order valence-corrected chi connectivity index (χ0v) is 12.3. The van der Waals surface area contributed by atoms with Gasteiger partial charge in [-0.05, 0) is 43.5 Å². The fraction of sp³-hybridized carbons (Fsp3) is 0.500. The molecule has 2 aromatic rings. The van der Waals surface area contributed by atoms with Gasteiger partial charge in [0.25, 0.3) is 0 Å². The van der Waals surface area contributed by atoms with Crippen LogP contribution in [0.15, 0.2) is 17.5 Å². The van der Waals surface area contributed by atoms with Gasteiger partial charge >= 0.3 is 0 Å². The zero-order valence-electron chi connectivity index (χ0n) is 11.5. The Morgan fingerprint density at radius 2 is 2.28 bits per heavy atom. The van der Waals surface area contributed by atoms with E-state index in [1.54, 1.807) is 0 Å². The van der Waals surface area contributed by atoms with Gasteiger partial charge in [0.05, 0.1) is 5.69 Å². The van der Waals surface area contributed by atoms with Crippen molar-refractivity contribution in [1.29, 1.82) is 0 Å². The molecule has 0 bridgehead atoms. The number of nitrogens with zero attached hydrogens (tertiary/aromatic N) is 2. The van der Waals surface area contributed by atoms with Crippen LogP contribution in [0.5, 0.6) is 0 Å². The highest BCUT2D eigenvalue weighted by atomic mass is 32.1. The van der Waals surface area contributed by atoms with Gasteiger partial charge in [-0.25, -0.2) is 0 Å². The predicted octanol–water partition coefficient (Wildman–Crippen LogP) is 2.86. The van der Waals surface area contributed by atoms with Crippen molar-refractivity contribution in [3.05, 3.63) is 39.3 Å². The fourth-order valence-electron chi connectivity index (χ4n) is 2.34. The average Bonchev–Trinajstić information content (AvgIpc) is 2.92. The highest BCUT2D eigenvalue weighted by Crippen LogP contribution is 2.27. The summed E-state index contributed by atoms with van der Waals surface area (Å²) in [5.74, 6) is 0. The Balaban J connectivity index is 2.22. The Morgan fingerprint density at radius 3 is 2.83 bits per heavy atom. The van der Waals surface area contributed by atoms with Crippen molar-refractivity contribution in [2.75, 3.05) is 7.05 Å². The molecule has 0 amide bonds. The minimum absolute atomic E-state index is 0.384. The molecule has 0 spiro atoms. The summed E-state index contributed by atoms with van der Waals surface area (Å²) in [6.45, 7) is 4.26. The number of aromatic nitrogens is 2. The number of rotatable bonds is 5. The van der Waals surface area contributed by atoms with Gasteiger partial charge in [-0.2, -0.15) is 5.10 Å². The summed E-state index contributed by atoms with van der Waals surface area (Å²) in [6, 6.07) is 4.79. The number of aryl methyl sites for hydroxylation is 3. The topological polar surface area (TPSA) is 29.9 Å². The van der Waals surface area contributed by atoms with Gasteiger partial charge in [-0.15, -0.1) is 11.3 Å². The van der Waals surface area contributed by atoms with E-state index in [1.165, 1.54) is 16.1 Å². The first-order valence-electron chi connectivity index (χ1n) is 6.38. The quantitative estimate of drug-likeness (QED) is 0.899. The second kappa shape index (κ2) is 5.67. The van der Waals surface area contributed by atoms with Gasteiger partial charge in [-0.3, -0.25) is 4.68 Å². The second-order valence-electron chi connectivity index (χ2n) is 4.61. The molecule has 2 rings (SSSR count). The molecule has 2 heterocycles. The third-order valence-electron chi connectivity index (χ3n) is 3.34. The summed E-state index contributed by atoms with van der Waals surface area (Å²) in [5, 5.41) is 10.0. The molecule has 0 aliphatic rings. The van der Waals surface area contributed by atoms with Crippen LogP contribution in [0.4, 0.5) is 0 Å². The van der Waals surface area contributed by atoms with Crippen molar-refractivity contribution in [2.24, 2.45) is 7.05 Å². The largest absolute Gasteiger partial charge is 0.312 e. The van der Waals surface area contributed by atoms with Crippen molar-refractivity contribution < 1.29 is 0 Å². The van der Waals surface area contributed by atoms with Crippen molar-refractivity contribution in [3.8, 4) is 0 Å². The number of hydrogen-bond acceptors (Lipinski definition) is 3. The summed E-state index contributed by atoms with van der Waals surface area (Å²) in [7, 11) is 4.05. The Kier molecular flexibility index (Phi) is 4.19. The van der Waals surface area contributed by atoms with E-state index in [0.29, 0.717) is 6.04 Å². The van der Waals surface area contributed by atoms with E-state index in [4.69, 9.17) is 0 Å². The van der Waals surface area contributed by atoms with Crippen LogP contribution in [0.1, 0.15) is 34.8 Å². The summed E-state index contributed by atoms with van der Waals surface area (Å²) in [4.78, 5) is 1.46. The third kappa shape index (κ3) is 2.65. The molecule has 2 aromatic heterocycles. The number of thiophene rings is 1. The lowest BCUT2D eigenvalue weighted by atomic mass is 10.0. The average molecular weight is 263 g/mol. The van der Waals surface area contributed by atoms with Crippen LogP contribution in [-0.2, 0) is 19.9 Å². The van der Waals surface area contributed by atoms with Crippen LogP contribution in [0, 0.1) is 6.92 Å². The summed E-state index contributed by atoms with van der Waals surface area (Å²) in [6.07, 6.45) is 2.09. The summed E-state index contributed by atoms with van der Waals surface area (Å²) >= 11 is 1.85. The van der Waals surface area contributed by atoms with Gasteiger partial charge < -0.3 is 5.32 Å². The minimum atomic E-state index is 0.384. The van der Waals surface area contributed by atoms with E-state index >= 15 is 0 Å². The van der Waals surface area contributed by atoms with E-state index < -0.39 is 0 Å².